The maximum Gasteiger partial charge on any atom is 0.257 e. The van der Waals surface area contributed by atoms with E-state index in [1.807, 2.05) is 13.8 Å². The fraction of sp³-hybridized carbons (Fsp3) is 0.462. The Morgan fingerprint density at radius 2 is 2.15 bits per heavy atom. The molecule has 110 valence electrons. The molecule has 1 heterocycles. The number of rotatable bonds is 5. The van der Waals surface area contributed by atoms with Crippen LogP contribution in [0, 0.1) is 5.92 Å². The highest BCUT2D eigenvalue weighted by Gasteiger charge is 2.19. The molecule has 0 radical (unpaired) electrons. The molecule has 7 heteroatoms. The molecule has 1 aliphatic rings. The lowest BCUT2D eigenvalue weighted by atomic mass is 10.1. The monoisotopic (exact) mass is 298 g/mol. The molecule has 1 aromatic rings. The average Bonchev–Trinajstić information content (AvgIpc) is 2.83. The Morgan fingerprint density at radius 3 is 2.85 bits per heavy atom. The van der Waals surface area contributed by atoms with Gasteiger partial charge in [0, 0.05) is 12.8 Å². The largest absolute Gasteiger partial charge is 0.493 e. The molecule has 0 unspecified atom stereocenters. The van der Waals surface area contributed by atoms with E-state index in [2.05, 4.69) is 10.3 Å². The molecule has 0 atom stereocenters. The molecule has 0 saturated carbocycles. The first-order valence-electron chi connectivity index (χ1n) is 6.45. The minimum atomic E-state index is -3.75. The van der Waals surface area contributed by atoms with Crippen LogP contribution < -0.4 is 15.0 Å². The van der Waals surface area contributed by atoms with E-state index in [1.165, 1.54) is 6.07 Å². The van der Waals surface area contributed by atoms with Crippen molar-refractivity contribution in [2.75, 3.05) is 6.61 Å². The predicted molar refractivity (Wildman–Crippen MR) is 73.6 cm³/mol. The molecular formula is C13H18N2O4S. The third-order valence-electron chi connectivity index (χ3n) is 2.89. The summed E-state index contributed by atoms with van der Waals surface area (Å²) in [5, 5.41) is 0. The lowest BCUT2D eigenvalue weighted by Gasteiger charge is -2.10. The quantitative estimate of drug-likeness (QED) is 0.794. The van der Waals surface area contributed by atoms with Crippen molar-refractivity contribution in [3.8, 4) is 5.75 Å². The maximum atomic E-state index is 12.1. The summed E-state index contributed by atoms with van der Waals surface area (Å²) in [6.07, 6.45) is 0.957. The molecule has 0 saturated heterocycles. The highest BCUT2D eigenvalue weighted by Crippen LogP contribution is 2.27. The van der Waals surface area contributed by atoms with Crippen LogP contribution in [0.4, 0.5) is 0 Å². The van der Waals surface area contributed by atoms with Gasteiger partial charge in [0.05, 0.1) is 11.5 Å². The van der Waals surface area contributed by atoms with E-state index in [4.69, 9.17) is 4.74 Å². The summed E-state index contributed by atoms with van der Waals surface area (Å²) in [6.45, 7) is 4.33. The van der Waals surface area contributed by atoms with Crippen molar-refractivity contribution in [2.24, 2.45) is 5.92 Å². The van der Waals surface area contributed by atoms with Gasteiger partial charge in [-0.15, -0.1) is 4.83 Å². The van der Waals surface area contributed by atoms with Gasteiger partial charge in [0.1, 0.15) is 5.75 Å². The van der Waals surface area contributed by atoms with Crippen LogP contribution in [0.15, 0.2) is 23.1 Å². The van der Waals surface area contributed by atoms with Gasteiger partial charge in [0.15, 0.2) is 0 Å². The number of hydrogen-bond acceptors (Lipinski definition) is 4. The number of ether oxygens (including phenoxy) is 1. The van der Waals surface area contributed by atoms with Crippen LogP contribution in [-0.4, -0.2) is 20.9 Å². The highest BCUT2D eigenvalue weighted by molar-refractivity contribution is 7.89. The molecule has 0 bridgehead atoms. The summed E-state index contributed by atoms with van der Waals surface area (Å²) in [7, 11) is -3.75. The van der Waals surface area contributed by atoms with Gasteiger partial charge in [0.25, 0.3) is 10.0 Å². The first kappa shape index (κ1) is 14.8. The first-order chi connectivity index (χ1) is 9.38. The normalized spacial score (nSPS) is 13.9. The molecular weight excluding hydrogens is 280 g/mol. The highest BCUT2D eigenvalue weighted by atomic mass is 32.2. The number of sulfonamides is 1. The van der Waals surface area contributed by atoms with Crippen LogP contribution in [0.25, 0.3) is 0 Å². The van der Waals surface area contributed by atoms with E-state index in [-0.39, 0.29) is 23.1 Å². The Hall–Kier alpha value is -1.60. The van der Waals surface area contributed by atoms with E-state index >= 15 is 0 Å². The molecule has 0 spiro atoms. The topological polar surface area (TPSA) is 84.5 Å². The number of hydrogen-bond donors (Lipinski definition) is 2. The Morgan fingerprint density at radius 1 is 1.40 bits per heavy atom. The van der Waals surface area contributed by atoms with Gasteiger partial charge in [-0.25, -0.2) is 8.42 Å². The zero-order chi connectivity index (χ0) is 14.8. The second kappa shape index (κ2) is 5.80. The van der Waals surface area contributed by atoms with Gasteiger partial charge >= 0.3 is 0 Å². The van der Waals surface area contributed by atoms with Crippen molar-refractivity contribution in [1.82, 2.24) is 10.3 Å². The maximum absolute atomic E-state index is 12.1. The van der Waals surface area contributed by atoms with E-state index in [0.29, 0.717) is 18.8 Å². The second-order valence-electron chi connectivity index (χ2n) is 5.12. The van der Waals surface area contributed by atoms with E-state index in [9.17, 15) is 13.2 Å². The van der Waals surface area contributed by atoms with Crippen molar-refractivity contribution in [1.29, 1.82) is 0 Å². The van der Waals surface area contributed by atoms with Gasteiger partial charge in [-0.2, -0.15) is 0 Å². The molecule has 1 aromatic carbocycles. The lowest BCUT2D eigenvalue weighted by molar-refractivity contribution is -0.122. The SMILES string of the molecule is CC(C)CC(=O)NNS(=O)(=O)c1ccc2c(c1)CCO2. The molecule has 1 amide bonds. The molecule has 0 aromatic heterocycles. The minimum absolute atomic E-state index is 0.117. The summed E-state index contributed by atoms with van der Waals surface area (Å²) >= 11 is 0. The van der Waals surface area contributed by atoms with Gasteiger partial charge in [-0.05, 0) is 29.7 Å². The minimum Gasteiger partial charge on any atom is -0.493 e. The standard InChI is InChI=1S/C13H18N2O4S/c1-9(2)7-13(16)14-15-20(17,18)11-3-4-12-10(8-11)5-6-19-12/h3-4,8-9,15H,5-7H2,1-2H3,(H,14,16). The first-order valence-corrected chi connectivity index (χ1v) is 7.93. The summed E-state index contributed by atoms with van der Waals surface area (Å²) in [5.41, 5.74) is 3.07. The molecule has 20 heavy (non-hydrogen) atoms. The van der Waals surface area contributed by atoms with Crippen LogP contribution >= 0.6 is 0 Å². The van der Waals surface area contributed by atoms with Crippen molar-refractivity contribution >= 4 is 15.9 Å². The fourth-order valence-corrected chi connectivity index (χ4v) is 2.85. The van der Waals surface area contributed by atoms with Gasteiger partial charge in [0.2, 0.25) is 5.91 Å². The average molecular weight is 298 g/mol. The number of carbonyl (C=O) groups is 1. The second-order valence-corrected chi connectivity index (χ2v) is 6.80. The fourth-order valence-electron chi connectivity index (χ4n) is 1.93. The molecule has 1 aliphatic heterocycles. The Labute approximate surface area is 118 Å². The molecule has 6 nitrogen and oxygen atoms in total. The van der Waals surface area contributed by atoms with Gasteiger partial charge < -0.3 is 4.74 Å². The molecule has 2 N–H and O–H groups in total. The summed E-state index contributed by atoms with van der Waals surface area (Å²) in [4.78, 5) is 13.7. The van der Waals surface area contributed by atoms with Gasteiger partial charge in [-0.3, -0.25) is 10.2 Å². The third-order valence-corrected chi connectivity index (χ3v) is 4.14. The Bertz CT molecular complexity index is 611. The number of carbonyl (C=O) groups excluding carboxylic acids is 1. The summed E-state index contributed by atoms with van der Waals surface area (Å²) < 4.78 is 29.4. The zero-order valence-electron chi connectivity index (χ0n) is 11.5. The van der Waals surface area contributed by atoms with Crippen LogP contribution in [-0.2, 0) is 21.2 Å². The van der Waals surface area contributed by atoms with E-state index < -0.39 is 10.0 Å². The van der Waals surface area contributed by atoms with Crippen LogP contribution in [0.2, 0.25) is 0 Å². The van der Waals surface area contributed by atoms with Crippen LogP contribution in [0.3, 0.4) is 0 Å². The van der Waals surface area contributed by atoms with Gasteiger partial charge in [-0.1, -0.05) is 13.8 Å². The van der Waals surface area contributed by atoms with E-state index in [1.54, 1.807) is 12.1 Å². The molecule has 2 rings (SSSR count). The Balaban J connectivity index is 2.05. The third kappa shape index (κ3) is 3.49. The zero-order valence-corrected chi connectivity index (χ0v) is 12.3. The number of nitrogens with one attached hydrogen (secondary N) is 2. The molecule has 0 aliphatic carbocycles. The summed E-state index contributed by atoms with van der Waals surface area (Å²) in [6, 6.07) is 4.66. The van der Waals surface area contributed by atoms with Crippen molar-refractivity contribution in [3.05, 3.63) is 23.8 Å². The number of hydrazine groups is 1. The molecule has 0 fully saturated rings. The predicted octanol–water partition coefficient (Wildman–Crippen LogP) is 0.977. The lowest BCUT2D eigenvalue weighted by Crippen LogP contribution is -2.41. The number of amides is 1. The van der Waals surface area contributed by atoms with Crippen LogP contribution in [0.1, 0.15) is 25.8 Å². The van der Waals surface area contributed by atoms with Crippen LogP contribution in [0.5, 0.6) is 5.75 Å². The summed E-state index contributed by atoms with van der Waals surface area (Å²) in [5.74, 6) is 0.525. The van der Waals surface area contributed by atoms with Crippen molar-refractivity contribution < 1.29 is 17.9 Å². The van der Waals surface area contributed by atoms with Crippen molar-refractivity contribution in [2.45, 2.75) is 31.6 Å². The van der Waals surface area contributed by atoms with E-state index in [0.717, 1.165) is 5.56 Å². The number of benzene rings is 1. The Kier molecular flexibility index (Phi) is 4.29. The van der Waals surface area contributed by atoms with Crippen molar-refractivity contribution in [3.63, 3.8) is 0 Å². The number of fused-ring (bicyclic) bond motifs is 1. The smallest absolute Gasteiger partial charge is 0.257 e.